The molecule has 1 aliphatic rings. The monoisotopic (exact) mass is 388 g/mol. The van der Waals surface area contributed by atoms with Gasteiger partial charge in [0.1, 0.15) is 0 Å². The Labute approximate surface area is 157 Å². The molecule has 2 aromatic rings. The second kappa shape index (κ2) is 7.89. The van der Waals surface area contributed by atoms with Crippen LogP contribution in [-0.4, -0.2) is 31.9 Å². The van der Waals surface area contributed by atoms with Crippen LogP contribution in [0.25, 0.3) is 0 Å². The molecule has 1 amide bonds. The fraction of sp³-hybridized carbons (Fsp3) is 0.263. The molecule has 0 aromatic heterocycles. The van der Waals surface area contributed by atoms with E-state index in [1.165, 1.54) is 30.3 Å². The molecule has 2 aromatic carbocycles. The molecule has 0 aliphatic heterocycles. The number of carbonyl (C=O) groups excluding carboxylic acids is 1. The van der Waals surface area contributed by atoms with Crippen LogP contribution in [0.5, 0.6) is 0 Å². The van der Waals surface area contributed by atoms with Gasteiger partial charge in [-0.3, -0.25) is 4.79 Å². The number of amides is 1. The second-order valence-corrected chi connectivity index (χ2v) is 8.27. The molecule has 1 aliphatic carbocycles. The molecule has 0 atom stereocenters. The molecule has 0 radical (unpaired) electrons. The molecule has 1 fully saturated rings. The van der Waals surface area contributed by atoms with Gasteiger partial charge in [-0.15, -0.1) is 0 Å². The summed E-state index contributed by atoms with van der Waals surface area (Å²) < 4.78 is 26.9. The Morgan fingerprint density at radius 1 is 1.04 bits per heavy atom. The SMILES string of the molecule is O=C(Cc1ccccc1C(=O)O)Nc1ccc(S(=O)(=O)NCC2CC2)cc1. The highest BCUT2D eigenvalue weighted by molar-refractivity contribution is 7.89. The molecular formula is C19H20N2O5S. The third kappa shape index (κ3) is 5.15. The smallest absolute Gasteiger partial charge is 0.335 e. The summed E-state index contributed by atoms with van der Waals surface area (Å²) in [5.74, 6) is -1.04. The van der Waals surface area contributed by atoms with Crippen molar-refractivity contribution in [2.24, 2.45) is 5.92 Å². The summed E-state index contributed by atoms with van der Waals surface area (Å²) in [7, 11) is -3.55. The summed E-state index contributed by atoms with van der Waals surface area (Å²) in [6, 6.07) is 12.2. The van der Waals surface area contributed by atoms with Crippen LogP contribution < -0.4 is 10.0 Å². The Balaban J connectivity index is 1.62. The number of sulfonamides is 1. The molecule has 0 saturated heterocycles. The lowest BCUT2D eigenvalue weighted by molar-refractivity contribution is -0.115. The van der Waals surface area contributed by atoms with Gasteiger partial charge >= 0.3 is 5.97 Å². The number of rotatable bonds is 8. The lowest BCUT2D eigenvalue weighted by Gasteiger charge is -2.09. The summed E-state index contributed by atoms with van der Waals surface area (Å²) in [4.78, 5) is 23.5. The number of hydrogen-bond donors (Lipinski definition) is 3. The first kappa shape index (κ1) is 19.1. The van der Waals surface area contributed by atoms with Gasteiger partial charge in [0.05, 0.1) is 16.9 Å². The maximum atomic E-state index is 12.2. The van der Waals surface area contributed by atoms with Gasteiger partial charge in [0.25, 0.3) is 0 Å². The molecule has 8 heteroatoms. The minimum atomic E-state index is -3.55. The number of carboxylic acid groups (broad SMARTS) is 1. The second-order valence-electron chi connectivity index (χ2n) is 6.51. The number of carbonyl (C=O) groups is 2. The fourth-order valence-electron chi connectivity index (χ4n) is 2.61. The largest absolute Gasteiger partial charge is 0.478 e. The van der Waals surface area contributed by atoms with Crippen molar-refractivity contribution in [3.8, 4) is 0 Å². The molecule has 0 bridgehead atoms. The van der Waals surface area contributed by atoms with Gasteiger partial charge < -0.3 is 10.4 Å². The Morgan fingerprint density at radius 2 is 1.70 bits per heavy atom. The summed E-state index contributed by atoms with van der Waals surface area (Å²) in [6.45, 7) is 0.448. The van der Waals surface area contributed by atoms with Gasteiger partial charge in [0.2, 0.25) is 15.9 Å². The van der Waals surface area contributed by atoms with E-state index in [-0.39, 0.29) is 22.8 Å². The molecule has 142 valence electrons. The van der Waals surface area contributed by atoms with Gasteiger partial charge in [-0.1, -0.05) is 18.2 Å². The molecule has 7 nitrogen and oxygen atoms in total. The average Bonchev–Trinajstić information content (AvgIpc) is 3.45. The zero-order valence-corrected chi connectivity index (χ0v) is 15.3. The molecule has 27 heavy (non-hydrogen) atoms. The molecule has 3 N–H and O–H groups in total. The minimum Gasteiger partial charge on any atom is -0.478 e. The third-order valence-electron chi connectivity index (χ3n) is 4.31. The maximum absolute atomic E-state index is 12.2. The van der Waals surface area contributed by atoms with Crippen molar-refractivity contribution in [3.63, 3.8) is 0 Å². The first-order valence-corrected chi connectivity index (χ1v) is 10.0. The van der Waals surface area contributed by atoms with E-state index in [1.54, 1.807) is 18.2 Å². The van der Waals surface area contributed by atoms with Crippen LogP contribution in [0.2, 0.25) is 0 Å². The van der Waals surface area contributed by atoms with Gasteiger partial charge in [-0.25, -0.2) is 17.9 Å². The van der Waals surface area contributed by atoms with Crippen molar-refractivity contribution in [1.82, 2.24) is 4.72 Å². The van der Waals surface area contributed by atoms with Gasteiger partial charge in [0, 0.05) is 12.2 Å². The third-order valence-corrected chi connectivity index (χ3v) is 5.75. The first-order valence-electron chi connectivity index (χ1n) is 8.56. The highest BCUT2D eigenvalue weighted by atomic mass is 32.2. The van der Waals surface area contributed by atoms with Crippen LogP contribution in [0, 0.1) is 5.92 Å². The van der Waals surface area contributed by atoms with Crippen molar-refractivity contribution in [3.05, 3.63) is 59.7 Å². The predicted octanol–water partition coefficient (Wildman–Crippen LogP) is 2.25. The minimum absolute atomic E-state index is 0.0795. The van der Waals surface area contributed by atoms with Gasteiger partial charge in [-0.05, 0) is 54.7 Å². The Hall–Kier alpha value is -2.71. The van der Waals surface area contributed by atoms with E-state index < -0.39 is 16.0 Å². The van der Waals surface area contributed by atoms with E-state index in [4.69, 9.17) is 5.11 Å². The molecule has 0 unspecified atom stereocenters. The van der Waals surface area contributed by atoms with Crippen LogP contribution >= 0.6 is 0 Å². The number of benzene rings is 2. The van der Waals surface area contributed by atoms with E-state index in [0.29, 0.717) is 23.7 Å². The molecular weight excluding hydrogens is 368 g/mol. The lowest BCUT2D eigenvalue weighted by atomic mass is 10.0. The van der Waals surface area contributed by atoms with Crippen LogP contribution in [0.1, 0.15) is 28.8 Å². The molecule has 0 spiro atoms. The normalized spacial score (nSPS) is 13.9. The van der Waals surface area contributed by atoms with Crippen LogP contribution in [0.4, 0.5) is 5.69 Å². The van der Waals surface area contributed by atoms with Gasteiger partial charge in [0.15, 0.2) is 0 Å². The summed E-state index contributed by atoms with van der Waals surface area (Å²) >= 11 is 0. The van der Waals surface area contributed by atoms with Crippen LogP contribution in [-0.2, 0) is 21.2 Å². The highest BCUT2D eigenvalue weighted by Gasteiger charge is 2.24. The topological polar surface area (TPSA) is 113 Å². The van der Waals surface area contributed by atoms with E-state index in [9.17, 15) is 18.0 Å². The maximum Gasteiger partial charge on any atom is 0.335 e. The fourth-order valence-corrected chi connectivity index (χ4v) is 3.73. The number of carboxylic acids is 1. The zero-order valence-electron chi connectivity index (χ0n) is 14.5. The van der Waals surface area contributed by atoms with Crippen LogP contribution in [0.15, 0.2) is 53.4 Å². The van der Waals surface area contributed by atoms with Crippen molar-refractivity contribution in [1.29, 1.82) is 0 Å². The number of nitrogens with one attached hydrogen (secondary N) is 2. The molecule has 1 saturated carbocycles. The summed E-state index contributed by atoms with van der Waals surface area (Å²) in [5, 5.41) is 11.8. The average molecular weight is 388 g/mol. The quantitative estimate of drug-likeness (QED) is 0.642. The van der Waals surface area contributed by atoms with E-state index in [0.717, 1.165) is 12.8 Å². The predicted molar refractivity (Wildman–Crippen MR) is 100 cm³/mol. The lowest BCUT2D eigenvalue weighted by Crippen LogP contribution is -2.25. The molecule has 0 heterocycles. The molecule has 3 rings (SSSR count). The summed E-state index contributed by atoms with van der Waals surface area (Å²) in [5.41, 5.74) is 0.927. The highest BCUT2D eigenvalue weighted by Crippen LogP contribution is 2.28. The number of aromatic carboxylic acids is 1. The van der Waals surface area contributed by atoms with E-state index >= 15 is 0 Å². The van der Waals surface area contributed by atoms with Crippen LogP contribution in [0.3, 0.4) is 0 Å². The Morgan fingerprint density at radius 3 is 2.33 bits per heavy atom. The standard InChI is InChI=1S/C19H20N2O5S/c22-18(11-14-3-1-2-4-17(14)19(23)24)21-15-7-9-16(10-8-15)27(25,26)20-12-13-5-6-13/h1-4,7-10,13,20H,5-6,11-12H2,(H,21,22)(H,23,24). The Kier molecular flexibility index (Phi) is 5.57. The van der Waals surface area contributed by atoms with E-state index in [1.807, 2.05) is 0 Å². The summed E-state index contributed by atoms with van der Waals surface area (Å²) in [6.07, 6.45) is 2.02. The number of hydrogen-bond acceptors (Lipinski definition) is 4. The van der Waals surface area contributed by atoms with Crippen molar-refractivity contribution < 1.29 is 23.1 Å². The van der Waals surface area contributed by atoms with E-state index in [2.05, 4.69) is 10.0 Å². The first-order chi connectivity index (χ1) is 12.8. The Bertz CT molecular complexity index is 950. The van der Waals surface area contributed by atoms with Crippen molar-refractivity contribution >= 4 is 27.6 Å². The van der Waals surface area contributed by atoms with Gasteiger partial charge in [-0.2, -0.15) is 0 Å². The zero-order chi connectivity index (χ0) is 19.4. The number of anilines is 1. The van der Waals surface area contributed by atoms with Crippen molar-refractivity contribution in [2.75, 3.05) is 11.9 Å². The van der Waals surface area contributed by atoms with Crippen molar-refractivity contribution in [2.45, 2.75) is 24.2 Å².